The summed E-state index contributed by atoms with van der Waals surface area (Å²) < 4.78 is 2.41. The average Bonchev–Trinajstić information content (AvgIpc) is 3.80. The number of nitrogens with zero attached hydrogens (tertiary/aromatic N) is 2. The lowest BCUT2D eigenvalue weighted by Gasteiger charge is -2.32. The third-order valence-electron chi connectivity index (χ3n) is 8.86. The molecular formula is C43H29N3S2. The van der Waals surface area contributed by atoms with Crippen LogP contribution in [0.3, 0.4) is 0 Å². The van der Waals surface area contributed by atoms with Gasteiger partial charge in [-0.25, -0.2) is 9.97 Å². The third-order valence-corrected chi connectivity index (χ3v) is 11.0. The molecule has 3 nitrogen and oxygen atoms in total. The number of fused-ring (bicyclic) bond motifs is 2. The first-order valence-electron chi connectivity index (χ1n) is 16.0. The van der Waals surface area contributed by atoms with Crippen molar-refractivity contribution < 1.29 is 0 Å². The molecule has 0 amide bonds. The molecule has 228 valence electrons. The van der Waals surface area contributed by atoms with Gasteiger partial charge in [0.25, 0.3) is 0 Å². The van der Waals surface area contributed by atoms with E-state index in [-0.39, 0.29) is 6.04 Å². The Morgan fingerprint density at radius 1 is 0.438 bits per heavy atom. The molecule has 0 saturated heterocycles. The van der Waals surface area contributed by atoms with Crippen LogP contribution in [0.5, 0.6) is 0 Å². The highest BCUT2D eigenvalue weighted by molar-refractivity contribution is 7.22. The van der Waals surface area contributed by atoms with Crippen LogP contribution in [-0.4, -0.2) is 9.97 Å². The van der Waals surface area contributed by atoms with Gasteiger partial charge in [0.15, 0.2) is 0 Å². The predicted molar refractivity (Wildman–Crippen MR) is 204 cm³/mol. The van der Waals surface area contributed by atoms with E-state index in [0.29, 0.717) is 0 Å². The van der Waals surface area contributed by atoms with Gasteiger partial charge in [-0.3, -0.25) is 0 Å². The van der Waals surface area contributed by atoms with E-state index in [1.54, 1.807) is 22.7 Å². The van der Waals surface area contributed by atoms with Crippen LogP contribution in [0.4, 0.5) is 0 Å². The second-order valence-corrected chi connectivity index (χ2v) is 13.9. The van der Waals surface area contributed by atoms with Crippen molar-refractivity contribution in [2.24, 2.45) is 0 Å². The van der Waals surface area contributed by atoms with Gasteiger partial charge in [-0.05, 0) is 58.2 Å². The van der Waals surface area contributed by atoms with Gasteiger partial charge < -0.3 is 5.32 Å². The molecule has 1 aliphatic rings. The van der Waals surface area contributed by atoms with Crippen molar-refractivity contribution >= 4 is 60.0 Å². The van der Waals surface area contributed by atoms with Crippen molar-refractivity contribution in [3.63, 3.8) is 0 Å². The Balaban J connectivity index is 1.16. The molecule has 48 heavy (non-hydrogen) atoms. The molecule has 0 aliphatic carbocycles. The van der Waals surface area contributed by atoms with E-state index in [9.17, 15) is 0 Å². The number of rotatable bonds is 6. The van der Waals surface area contributed by atoms with Crippen LogP contribution in [0.2, 0.25) is 0 Å². The van der Waals surface area contributed by atoms with E-state index < -0.39 is 0 Å². The second kappa shape index (κ2) is 12.2. The summed E-state index contributed by atoms with van der Waals surface area (Å²) in [5, 5.41) is 6.08. The maximum Gasteiger partial charge on any atom is 0.124 e. The zero-order valence-electron chi connectivity index (χ0n) is 25.9. The SMILES string of the molecule is C1=C(c2ccc(-c3nc4ccccc4s3)cc2)C(c2ccccc2)NC(c2ccccc2)=C1c1ccc(-c2nc3ccccc3s2)cc1. The maximum atomic E-state index is 4.90. The first-order chi connectivity index (χ1) is 23.8. The first-order valence-corrected chi connectivity index (χ1v) is 17.7. The highest BCUT2D eigenvalue weighted by atomic mass is 32.1. The Labute approximate surface area is 287 Å². The highest BCUT2D eigenvalue weighted by Crippen LogP contribution is 2.42. The van der Waals surface area contributed by atoms with Crippen molar-refractivity contribution in [2.75, 3.05) is 0 Å². The van der Waals surface area contributed by atoms with Gasteiger partial charge in [-0.2, -0.15) is 0 Å². The van der Waals surface area contributed by atoms with Crippen LogP contribution in [-0.2, 0) is 0 Å². The molecule has 0 radical (unpaired) electrons. The zero-order valence-corrected chi connectivity index (χ0v) is 27.5. The van der Waals surface area contributed by atoms with Crippen LogP contribution < -0.4 is 5.32 Å². The molecule has 0 bridgehead atoms. The Kier molecular flexibility index (Phi) is 7.26. The lowest BCUT2D eigenvalue weighted by molar-refractivity contribution is 0.785. The van der Waals surface area contributed by atoms with Gasteiger partial charge in [0.1, 0.15) is 10.0 Å². The van der Waals surface area contributed by atoms with E-state index in [1.807, 2.05) is 12.1 Å². The highest BCUT2D eigenvalue weighted by Gasteiger charge is 2.27. The van der Waals surface area contributed by atoms with Gasteiger partial charge >= 0.3 is 0 Å². The first kappa shape index (κ1) is 28.6. The Morgan fingerprint density at radius 3 is 1.48 bits per heavy atom. The Morgan fingerprint density at radius 2 is 0.917 bits per heavy atom. The Hall–Kier alpha value is -5.62. The van der Waals surface area contributed by atoms with Gasteiger partial charge in [0, 0.05) is 16.7 Å². The standard InChI is InChI=1S/C43H29N3S2/c1-3-11-30(12-4-1)40-34(28-19-23-32(24-20-28)42-44-36-15-7-9-17-38(36)47-42)27-35(41(46-40)31-13-5-2-6-14-31)29-21-25-33(26-22-29)43-45-37-16-8-10-18-39(37)48-43/h1-27,40,46H. The monoisotopic (exact) mass is 651 g/mol. The number of hydrogen-bond donors (Lipinski definition) is 1. The summed E-state index contributed by atoms with van der Waals surface area (Å²) in [6, 6.07) is 55.8. The lowest BCUT2D eigenvalue weighted by Crippen LogP contribution is -2.25. The minimum atomic E-state index is -0.0273. The molecule has 6 aromatic carbocycles. The van der Waals surface area contributed by atoms with Crippen LogP contribution in [0.1, 0.15) is 28.3 Å². The van der Waals surface area contributed by atoms with Crippen molar-refractivity contribution in [1.29, 1.82) is 0 Å². The average molecular weight is 652 g/mol. The summed E-state index contributed by atoms with van der Waals surface area (Å²) in [5.74, 6) is 0. The summed E-state index contributed by atoms with van der Waals surface area (Å²) in [6.45, 7) is 0. The van der Waals surface area contributed by atoms with Gasteiger partial charge in [-0.15, -0.1) is 22.7 Å². The largest absolute Gasteiger partial charge is 0.373 e. The molecule has 2 aromatic heterocycles. The van der Waals surface area contributed by atoms with E-state index in [0.717, 1.165) is 54.6 Å². The number of thiazole rings is 2. The quantitative estimate of drug-likeness (QED) is 0.194. The van der Waals surface area contributed by atoms with Crippen molar-refractivity contribution in [2.45, 2.75) is 6.04 Å². The molecule has 1 atom stereocenters. The number of dihydropyridines is 1. The Bertz CT molecular complexity index is 2390. The number of benzene rings is 6. The van der Waals surface area contributed by atoms with E-state index >= 15 is 0 Å². The maximum absolute atomic E-state index is 4.90. The third kappa shape index (κ3) is 5.33. The van der Waals surface area contributed by atoms with E-state index in [1.165, 1.54) is 26.1 Å². The minimum Gasteiger partial charge on any atom is -0.373 e. The second-order valence-electron chi connectivity index (χ2n) is 11.9. The van der Waals surface area contributed by atoms with Crippen molar-refractivity contribution in [1.82, 2.24) is 15.3 Å². The fourth-order valence-corrected chi connectivity index (χ4v) is 8.37. The molecule has 9 rings (SSSR count). The number of para-hydroxylation sites is 2. The van der Waals surface area contributed by atoms with Gasteiger partial charge in [0.05, 0.1) is 32.2 Å². The van der Waals surface area contributed by atoms with Gasteiger partial charge in [0.2, 0.25) is 0 Å². The van der Waals surface area contributed by atoms with Crippen LogP contribution in [0, 0.1) is 0 Å². The fraction of sp³-hybridized carbons (Fsp3) is 0.0233. The number of aromatic nitrogens is 2. The summed E-state index contributed by atoms with van der Waals surface area (Å²) in [4.78, 5) is 9.81. The normalized spacial score (nSPS) is 14.7. The van der Waals surface area contributed by atoms with Crippen LogP contribution in [0.25, 0.3) is 58.4 Å². The zero-order chi connectivity index (χ0) is 31.9. The van der Waals surface area contributed by atoms with Gasteiger partial charge in [-0.1, -0.05) is 133 Å². The molecule has 0 fully saturated rings. The topological polar surface area (TPSA) is 37.8 Å². The van der Waals surface area contributed by atoms with Crippen molar-refractivity contribution in [3.8, 4) is 21.1 Å². The molecule has 3 heterocycles. The molecule has 1 unspecified atom stereocenters. The fourth-order valence-electron chi connectivity index (χ4n) is 6.43. The molecule has 1 N–H and O–H groups in total. The molecule has 1 aliphatic heterocycles. The molecular weight excluding hydrogens is 623 g/mol. The summed E-state index contributed by atoms with van der Waals surface area (Å²) in [7, 11) is 0. The molecule has 0 saturated carbocycles. The molecule has 8 aromatic rings. The lowest BCUT2D eigenvalue weighted by atomic mass is 9.84. The summed E-state index contributed by atoms with van der Waals surface area (Å²) >= 11 is 3.47. The summed E-state index contributed by atoms with van der Waals surface area (Å²) in [5.41, 5.74) is 12.6. The number of allylic oxidation sites excluding steroid dienone is 2. The number of nitrogens with one attached hydrogen (secondary N) is 1. The smallest absolute Gasteiger partial charge is 0.124 e. The molecule has 5 heteroatoms. The number of hydrogen-bond acceptors (Lipinski definition) is 5. The van der Waals surface area contributed by atoms with Crippen LogP contribution in [0.15, 0.2) is 164 Å². The predicted octanol–water partition coefficient (Wildman–Crippen LogP) is 11.5. The van der Waals surface area contributed by atoms with E-state index in [4.69, 9.17) is 9.97 Å². The van der Waals surface area contributed by atoms with Crippen molar-refractivity contribution in [3.05, 3.63) is 186 Å². The molecule has 0 spiro atoms. The minimum absolute atomic E-state index is 0.0273. The van der Waals surface area contributed by atoms with Crippen LogP contribution >= 0.6 is 22.7 Å². The summed E-state index contributed by atoms with van der Waals surface area (Å²) in [6.07, 6.45) is 2.38. The van der Waals surface area contributed by atoms with E-state index in [2.05, 4.69) is 157 Å².